The highest BCUT2D eigenvalue weighted by molar-refractivity contribution is 8.24. The molecule has 8 heteroatoms. The Hall–Kier alpha value is -0.630. The molecule has 0 aromatic heterocycles. The van der Waals surface area contributed by atoms with E-state index in [1.54, 1.807) is 0 Å². The summed E-state index contributed by atoms with van der Waals surface area (Å²) in [6, 6.07) is 10.7. The number of anilines is 3. The first-order chi connectivity index (χ1) is 19.5. The van der Waals surface area contributed by atoms with Crippen molar-refractivity contribution in [3.63, 3.8) is 0 Å². The van der Waals surface area contributed by atoms with Crippen LogP contribution in [0.5, 0.6) is 0 Å². The molecule has 0 amide bonds. The Morgan fingerprint density at radius 2 is 0.829 bits per heavy atom. The van der Waals surface area contributed by atoms with E-state index in [1.165, 1.54) is 65.6 Å². The van der Waals surface area contributed by atoms with Gasteiger partial charge in [0.2, 0.25) is 0 Å². The highest BCUT2D eigenvalue weighted by Crippen LogP contribution is 2.65. The summed E-state index contributed by atoms with van der Waals surface area (Å²) in [5, 5.41) is 8.26. The van der Waals surface area contributed by atoms with Gasteiger partial charge in [0.25, 0.3) is 0 Å². The summed E-state index contributed by atoms with van der Waals surface area (Å²) in [5.41, 5.74) is 8.19. The zero-order valence-electron chi connectivity index (χ0n) is 25.6. The van der Waals surface area contributed by atoms with E-state index in [1.807, 2.05) is 0 Å². The average Bonchev–Trinajstić information content (AvgIpc) is 2.93. The minimum Gasteiger partial charge on any atom is -0.306 e. The summed E-state index contributed by atoms with van der Waals surface area (Å²) < 4.78 is 2.62. The largest absolute Gasteiger partial charge is 0.306 e. The average molecular weight is 657 g/mol. The second-order valence-electron chi connectivity index (χ2n) is 12.1. The second-order valence-corrected chi connectivity index (χ2v) is 26.4. The van der Waals surface area contributed by atoms with E-state index in [0.717, 1.165) is 51.6 Å². The quantitative estimate of drug-likeness (QED) is 0.234. The van der Waals surface area contributed by atoms with Crippen LogP contribution in [0.4, 0.5) is 17.1 Å². The van der Waals surface area contributed by atoms with Gasteiger partial charge in [-0.05, 0) is 85.7 Å². The molecule has 0 saturated heterocycles. The molecule has 218 valence electrons. The number of hydrogen-bond donors (Lipinski definition) is 0. The first-order valence-electron chi connectivity index (χ1n) is 15.3. The van der Waals surface area contributed by atoms with Crippen LogP contribution in [0, 0.1) is 0 Å². The zero-order valence-corrected chi connectivity index (χ0v) is 30.7. The third kappa shape index (κ3) is 4.20. The summed E-state index contributed by atoms with van der Waals surface area (Å²) in [6.07, 6.45) is 4.21. The van der Waals surface area contributed by atoms with E-state index in [-0.39, 0.29) is 0 Å². The summed E-state index contributed by atoms with van der Waals surface area (Å²) in [7, 11) is 0. The predicted molar refractivity (Wildman–Crippen MR) is 199 cm³/mol. The normalized spacial score (nSPS) is 25.0. The molecule has 3 aromatic rings. The van der Waals surface area contributed by atoms with Crippen molar-refractivity contribution in [1.29, 1.82) is 0 Å². The van der Waals surface area contributed by atoms with Gasteiger partial charge in [0, 0.05) is 57.0 Å². The Bertz CT molecular complexity index is 1630. The number of nitrogens with zero attached hydrogens (tertiary/aromatic N) is 2. The molecule has 3 heterocycles. The van der Waals surface area contributed by atoms with Gasteiger partial charge in [-0.15, -0.1) is 0 Å². The third-order valence-electron chi connectivity index (χ3n) is 9.30. The predicted octanol–water partition coefficient (Wildman–Crippen LogP) is 6.76. The fourth-order valence-electron chi connectivity index (χ4n) is 7.38. The maximum absolute atomic E-state index is 7.11. The smallest absolute Gasteiger partial charge is 0.0751 e. The van der Waals surface area contributed by atoms with Crippen molar-refractivity contribution in [2.75, 3.05) is 31.3 Å². The molecule has 3 aliphatic heterocycles. The van der Waals surface area contributed by atoms with Crippen LogP contribution in [0.25, 0.3) is 0 Å². The van der Waals surface area contributed by atoms with Crippen molar-refractivity contribution >= 4 is 103 Å². The molecule has 0 saturated carbocycles. The van der Waals surface area contributed by atoms with Crippen molar-refractivity contribution in [3.8, 4) is 0 Å². The number of aryl methyl sites for hydroxylation is 3. The van der Waals surface area contributed by atoms with E-state index in [2.05, 4.69) is 93.9 Å². The summed E-state index contributed by atoms with van der Waals surface area (Å²) >= 11 is 20.7. The second kappa shape index (κ2) is 10.8. The molecule has 6 rings (SSSR count). The molecule has 0 fully saturated rings. The Balaban J connectivity index is 1.86. The van der Waals surface area contributed by atoms with Crippen molar-refractivity contribution in [1.82, 2.24) is 4.67 Å². The molecule has 0 aliphatic carbocycles. The molecule has 2 unspecified atom stereocenters. The van der Waals surface area contributed by atoms with Crippen LogP contribution < -0.4 is 36.7 Å². The highest BCUT2D eigenvalue weighted by Gasteiger charge is 2.51. The molecule has 0 N–H and O–H groups in total. The summed E-state index contributed by atoms with van der Waals surface area (Å²) in [5.74, 6) is 0. The topological polar surface area (TPSA) is 6.48 Å². The standard InChI is InChI=1S/C33H43N2P3S3/c1-8-13-22-16-25-31-26(17-22)37(7,40)28-19-24(15-10-3)21-30-33(28)35(31)32-27(36(25,6)39)18-23(14-9-2)20-29(32)38(30,41)34(11-4)12-5/h16-21H,8-15H2,1-7H3. The fraction of sp³-hybridized carbons (Fsp3) is 0.455. The van der Waals surface area contributed by atoms with Gasteiger partial charge in [-0.25, -0.2) is 0 Å². The van der Waals surface area contributed by atoms with Gasteiger partial charge < -0.3 is 4.90 Å². The van der Waals surface area contributed by atoms with Gasteiger partial charge >= 0.3 is 0 Å². The molecule has 41 heavy (non-hydrogen) atoms. The van der Waals surface area contributed by atoms with Crippen LogP contribution in [0.2, 0.25) is 0 Å². The number of benzene rings is 3. The van der Waals surface area contributed by atoms with E-state index < -0.39 is 18.3 Å². The maximum Gasteiger partial charge on any atom is 0.0751 e. The van der Waals surface area contributed by atoms with Gasteiger partial charge in [-0.1, -0.05) is 89.3 Å². The Labute approximate surface area is 263 Å². The SMILES string of the molecule is CCCc1cc2c3c(c1)P(C)(=S)c1cc(CCC)cc4c1N3c1c(cc(CCC)cc1P4(=S)N(CC)CC)P2(C)=S. The van der Waals surface area contributed by atoms with E-state index in [0.29, 0.717) is 0 Å². The Morgan fingerprint density at radius 1 is 0.537 bits per heavy atom. The highest BCUT2D eigenvalue weighted by atomic mass is 32.4. The number of hydrogen-bond acceptors (Lipinski definition) is 4. The molecule has 0 bridgehead atoms. The molecular formula is C33H43N2P3S3. The lowest BCUT2D eigenvalue weighted by Crippen LogP contribution is -2.52. The fourth-order valence-corrected chi connectivity index (χ4v) is 18.9. The van der Waals surface area contributed by atoms with E-state index >= 15 is 0 Å². The lowest BCUT2D eigenvalue weighted by Gasteiger charge is -2.53. The van der Waals surface area contributed by atoms with Gasteiger partial charge in [0.15, 0.2) is 0 Å². The lowest BCUT2D eigenvalue weighted by molar-refractivity contribution is 0.513. The minimum absolute atomic E-state index is 0.941. The molecule has 3 aromatic carbocycles. The van der Waals surface area contributed by atoms with Gasteiger partial charge in [0.1, 0.15) is 0 Å². The Kier molecular flexibility index (Phi) is 7.98. The van der Waals surface area contributed by atoms with Crippen LogP contribution in [0.15, 0.2) is 36.4 Å². The molecule has 3 aliphatic rings. The van der Waals surface area contributed by atoms with Crippen molar-refractivity contribution < 1.29 is 0 Å². The van der Waals surface area contributed by atoms with Gasteiger partial charge in [-0.2, -0.15) is 0 Å². The van der Waals surface area contributed by atoms with Crippen molar-refractivity contribution in [2.24, 2.45) is 0 Å². The van der Waals surface area contributed by atoms with Crippen LogP contribution in [-0.4, -0.2) is 31.1 Å². The van der Waals surface area contributed by atoms with Crippen LogP contribution in [0.3, 0.4) is 0 Å². The van der Waals surface area contributed by atoms with Crippen LogP contribution >= 0.6 is 18.3 Å². The van der Waals surface area contributed by atoms with Crippen molar-refractivity contribution in [3.05, 3.63) is 53.1 Å². The Morgan fingerprint density at radius 3 is 1.12 bits per heavy atom. The lowest BCUT2D eigenvalue weighted by atomic mass is 10.0. The first-order valence-corrected chi connectivity index (χ1v) is 24.6. The van der Waals surface area contributed by atoms with E-state index in [4.69, 9.17) is 35.4 Å². The maximum atomic E-state index is 7.11. The number of rotatable bonds is 9. The summed E-state index contributed by atoms with van der Waals surface area (Å²) in [6.45, 7) is 18.0. The summed E-state index contributed by atoms with van der Waals surface area (Å²) in [4.78, 5) is 2.64. The molecule has 2 atom stereocenters. The van der Waals surface area contributed by atoms with Gasteiger partial charge in [0.05, 0.1) is 23.3 Å². The first kappa shape index (κ1) is 30.4. The van der Waals surface area contributed by atoms with Gasteiger partial charge in [-0.3, -0.25) is 4.67 Å². The third-order valence-corrected chi connectivity index (χ3v) is 21.9. The molecular weight excluding hydrogens is 614 g/mol. The van der Waals surface area contributed by atoms with Crippen molar-refractivity contribution in [2.45, 2.75) is 73.1 Å². The van der Waals surface area contributed by atoms with E-state index in [9.17, 15) is 0 Å². The molecule has 2 nitrogen and oxygen atoms in total. The van der Waals surface area contributed by atoms with Crippen LogP contribution in [-0.2, 0) is 54.7 Å². The zero-order chi connectivity index (χ0) is 29.5. The molecule has 0 spiro atoms. The minimum atomic E-state index is -2.32. The van der Waals surface area contributed by atoms with Crippen LogP contribution in [0.1, 0.15) is 70.6 Å². The molecule has 0 radical (unpaired) electrons. The monoisotopic (exact) mass is 656 g/mol.